The normalized spacial score (nSPS) is 14.5. The van der Waals surface area contributed by atoms with Crippen molar-refractivity contribution >= 4 is 5.91 Å². The van der Waals surface area contributed by atoms with Crippen molar-refractivity contribution < 1.29 is 4.79 Å². The van der Waals surface area contributed by atoms with Gasteiger partial charge in [0.15, 0.2) is 0 Å². The Morgan fingerprint density at radius 1 is 1.00 bits per heavy atom. The molecule has 0 spiro atoms. The number of amides is 1. The second-order valence-corrected chi connectivity index (χ2v) is 3.21. The minimum Gasteiger partial charge on any atom is -0.368 e. The van der Waals surface area contributed by atoms with E-state index in [2.05, 4.69) is 5.73 Å². The topological polar surface area (TPSA) is 90.7 Å². The summed E-state index contributed by atoms with van der Waals surface area (Å²) in [6, 6.07) is 2.83. The van der Waals surface area contributed by atoms with E-state index in [0.717, 1.165) is 0 Å². The molecule has 76 valence electrons. The van der Waals surface area contributed by atoms with E-state index in [-0.39, 0.29) is 0 Å². The first kappa shape index (κ1) is 12.4. The number of nitrogens with two attached hydrogens (primary N) is 1. The van der Waals surface area contributed by atoms with Crippen LogP contribution in [-0.4, -0.2) is 5.91 Å². The maximum Gasteiger partial charge on any atom is 0.249 e. The third-order valence-corrected chi connectivity index (χ3v) is 2.04. The molecule has 0 aromatic heterocycles. The predicted molar refractivity (Wildman–Crippen MR) is 51.6 cm³/mol. The summed E-state index contributed by atoms with van der Waals surface area (Å²) in [4.78, 5) is 9.94. The average Bonchev–Trinajstić information content (AvgIpc) is 2.22. The highest BCUT2D eigenvalue weighted by Gasteiger charge is 2.10. The molecule has 0 unspecified atom stereocenters. The SMILES string of the molecule is C1CCCCC1.N#CC(C#N)C(N)=O. The Morgan fingerprint density at radius 3 is 1.36 bits per heavy atom. The molecule has 2 N–H and O–H groups in total. The van der Waals surface area contributed by atoms with Crippen LogP contribution in [0.5, 0.6) is 0 Å². The van der Waals surface area contributed by atoms with Gasteiger partial charge >= 0.3 is 0 Å². The Labute approximate surface area is 84.3 Å². The van der Waals surface area contributed by atoms with Gasteiger partial charge in [0.2, 0.25) is 11.8 Å². The lowest BCUT2D eigenvalue weighted by Gasteiger charge is -2.05. The van der Waals surface area contributed by atoms with Crippen LogP contribution in [0.15, 0.2) is 0 Å². The summed E-state index contributed by atoms with van der Waals surface area (Å²) in [6.45, 7) is 0. The minimum atomic E-state index is -1.30. The monoisotopic (exact) mass is 193 g/mol. The largest absolute Gasteiger partial charge is 0.368 e. The molecule has 1 aliphatic carbocycles. The molecule has 4 heteroatoms. The minimum absolute atomic E-state index is 0.894. The highest BCUT2D eigenvalue weighted by atomic mass is 16.1. The predicted octanol–water partition coefficient (Wildman–Crippen LogP) is 1.48. The molecule has 0 atom stereocenters. The molecule has 1 aliphatic rings. The summed E-state index contributed by atoms with van der Waals surface area (Å²) < 4.78 is 0. The molecule has 1 saturated carbocycles. The van der Waals surface area contributed by atoms with Crippen molar-refractivity contribution in [2.75, 3.05) is 0 Å². The van der Waals surface area contributed by atoms with Crippen LogP contribution < -0.4 is 5.73 Å². The number of rotatable bonds is 1. The highest BCUT2D eigenvalue weighted by molar-refractivity contribution is 5.81. The molecule has 0 saturated heterocycles. The molecular weight excluding hydrogens is 178 g/mol. The number of nitrogens with zero attached hydrogens (tertiary/aromatic N) is 2. The molecule has 0 aliphatic heterocycles. The van der Waals surface area contributed by atoms with E-state index in [1.807, 2.05) is 0 Å². The first-order chi connectivity index (χ1) is 6.72. The van der Waals surface area contributed by atoms with E-state index < -0.39 is 11.8 Å². The lowest BCUT2D eigenvalue weighted by molar-refractivity contribution is -0.118. The van der Waals surface area contributed by atoms with Crippen LogP contribution in [-0.2, 0) is 4.79 Å². The second-order valence-electron chi connectivity index (χ2n) is 3.21. The Bertz CT molecular complexity index is 220. The second kappa shape index (κ2) is 8.07. The fourth-order valence-corrected chi connectivity index (χ4v) is 1.22. The third-order valence-electron chi connectivity index (χ3n) is 2.04. The van der Waals surface area contributed by atoms with Crippen LogP contribution in [0.1, 0.15) is 38.5 Å². The molecule has 0 heterocycles. The van der Waals surface area contributed by atoms with Crippen molar-refractivity contribution in [1.82, 2.24) is 0 Å². The van der Waals surface area contributed by atoms with Crippen molar-refractivity contribution in [2.24, 2.45) is 11.7 Å². The lowest BCUT2D eigenvalue weighted by atomic mass is 10.0. The molecule has 0 bridgehead atoms. The van der Waals surface area contributed by atoms with E-state index >= 15 is 0 Å². The smallest absolute Gasteiger partial charge is 0.249 e. The van der Waals surface area contributed by atoms with Gasteiger partial charge in [-0.1, -0.05) is 38.5 Å². The van der Waals surface area contributed by atoms with Crippen molar-refractivity contribution in [1.29, 1.82) is 10.5 Å². The molecular formula is C10H15N3O. The standard InChI is InChI=1S/C6H12.C4H3N3O/c1-2-4-6-5-3-1;5-1-3(2-6)4(7)8/h1-6H2;3H,(H2,7,8). The zero-order chi connectivity index (χ0) is 10.8. The van der Waals surface area contributed by atoms with Crippen LogP contribution in [0.4, 0.5) is 0 Å². The number of hydrogen-bond acceptors (Lipinski definition) is 3. The van der Waals surface area contributed by atoms with E-state index in [1.54, 1.807) is 0 Å². The zero-order valence-corrected chi connectivity index (χ0v) is 8.20. The van der Waals surface area contributed by atoms with Gasteiger partial charge in [-0.2, -0.15) is 10.5 Å². The highest BCUT2D eigenvalue weighted by Crippen LogP contribution is 2.15. The maximum absolute atomic E-state index is 9.94. The molecule has 14 heavy (non-hydrogen) atoms. The number of primary amides is 1. The molecule has 1 fully saturated rings. The van der Waals surface area contributed by atoms with Crippen LogP contribution in [0.3, 0.4) is 0 Å². The first-order valence-electron chi connectivity index (χ1n) is 4.81. The van der Waals surface area contributed by atoms with Gasteiger partial charge < -0.3 is 5.73 Å². The Balaban J connectivity index is 0.000000249. The number of hydrogen-bond donors (Lipinski definition) is 1. The average molecular weight is 193 g/mol. The van der Waals surface area contributed by atoms with Crippen molar-refractivity contribution in [3.05, 3.63) is 0 Å². The Morgan fingerprint density at radius 2 is 1.29 bits per heavy atom. The van der Waals surface area contributed by atoms with Crippen LogP contribution in [0.25, 0.3) is 0 Å². The molecule has 1 rings (SSSR count). The van der Waals surface area contributed by atoms with Crippen LogP contribution in [0, 0.1) is 28.6 Å². The van der Waals surface area contributed by atoms with E-state index in [1.165, 1.54) is 50.7 Å². The first-order valence-corrected chi connectivity index (χ1v) is 4.81. The summed E-state index contributed by atoms with van der Waals surface area (Å²) in [7, 11) is 0. The molecule has 4 nitrogen and oxygen atoms in total. The fraction of sp³-hybridized carbons (Fsp3) is 0.700. The van der Waals surface area contributed by atoms with Gasteiger partial charge in [-0.25, -0.2) is 0 Å². The summed E-state index contributed by atoms with van der Waals surface area (Å²) in [5.74, 6) is -2.19. The van der Waals surface area contributed by atoms with Gasteiger partial charge in [-0.3, -0.25) is 4.79 Å². The molecule has 0 aromatic rings. The molecule has 0 radical (unpaired) electrons. The van der Waals surface area contributed by atoms with Gasteiger partial charge in [0.05, 0.1) is 12.1 Å². The summed E-state index contributed by atoms with van der Waals surface area (Å²) in [5.41, 5.74) is 4.57. The summed E-state index contributed by atoms with van der Waals surface area (Å²) in [6.07, 6.45) is 9.00. The van der Waals surface area contributed by atoms with Gasteiger partial charge in [0.1, 0.15) is 0 Å². The van der Waals surface area contributed by atoms with Gasteiger partial charge in [0, 0.05) is 0 Å². The zero-order valence-electron chi connectivity index (χ0n) is 8.20. The molecule has 1 amide bonds. The number of carbonyl (C=O) groups excluding carboxylic acids is 1. The van der Waals surface area contributed by atoms with Gasteiger partial charge in [-0.15, -0.1) is 0 Å². The maximum atomic E-state index is 9.94. The van der Waals surface area contributed by atoms with Crippen LogP contribution in [0.2, 0.25) is 0 Å². The van der Waals surface area contributed by atoms with E-state index in [0.29, 0.717) is 0 Å². The van der Waals surface area contributed by atoms with E-state index in [9.17, 15) is 4.79 Å². The van der Waals surface area contributed by atoms with Crippen molar-refractivity contribution in [3.8, 4) is 12.1 Å². The fourth-order valence-electron chi connectivity index (χ4n) is 1.22. The van der Waals surface area contributed by atoms with Gasteiger partial charge in [-0.05, 0) is 0 Å². The third kappa shape index (κ3) is 6.02. The van der Waals surface area contributed by atoms with Crippen molar-refractivity contribution in [3.63, 3.8) is 0 Å². The molecule has 0 aromatic carbocycles. The quantitative estimate of drug-likeness (QED) is 0.683. The number of nitriles is 2. The van der Waals surface area contributed by atoms with E-state index in [4.69, 9.17) is 10.5 Å². The van der Waals surface area contributed by atoms with Crippen LogP contribution >= 0.6 is 0 Å². The Kier molecular flexibility index (Phi) is 7.17. The van der Waals surface area contributed by atoms with Crippen molar-refractivity contribution in [2.45, 2.75) is 38.5 Å². The van der Waals surface area contributed by atoms with Gasteiger partial charge in [0.25, 0.3) is 0 Å². The summed E-state index contributed by atoms with van der Waals surface area (Å²) >= 11 is 0. The number of carbonyl (C=O) groups is 1. The lowest BCUT2D eigenvalue weighted by Crippen LogP contribution is -2.19. The summed E-state index contributed by atoms with van der Waals surface area (Å²) in [5, 5.41) is 15.8. The Hall–Kier alpha value is -1.55.